The number of unbranched alkanes of at least 4 members (excludes halogenated alkanes) is 2. The number of ether oxygens (including phenoxy) is 3. The van der Waals surface area contributed by atoms with Gasteiger partial charge in [0.25, 0.3) is 5.91 Å². The molecule has 0 saturated carbocycles. The Bertz CT molecular complexity index is 1610. The number of hydrogen-bond acceptors (Lipinski definition) is 9. The Labute approximate surface area is 258 Å². The monoisotopic (exact) mass is 622 g/mol. The van der Waals surface area contributed by atoms with Crippen LogP contribution in [0.15, 0.2) is 36.5 Å². The van der Waals surface area contributed by atoms with E-state index in [0.29, 0.717) is 70.5 Å². The third-order valence-corrected chi connectivity index (χ3v) is 8.79. The molecule has 0 aliphatic carbocycles. The van der Waals surface area contributed by atoms with Gasteiger partial charge < -0.3 is 23.9 Å². The highest BCUT2D eigenvalue weighted by molar-refractivity contribution is 6.76. The molecule has 3 heterocycles. The first-order valence-electron chi connectivity index (χ1n) is 14.7. The van der Waals surface area contributed by atoms with Crippen molar-refractivity contribution in [2.24, 2.45) is 7.05 Å². The third-order valence-electron chi connectivity index (χ3n) is 7.09. The molecule has 3 aromatic heterocycles. The molecule has 44 heavy (non-hydrogen) atoms. The van der Waals surface area contributed by atoms with Gasteiger partial charge in [-0.3, -0.25) is 15.1 Å². The molecule has 0 atom stereocenters. The average Bonchev–Trinajstić information content (AvgIpc) is 3.52. The first-order valence-corrected chi connectivity index (χ1v) is 18.4. The zero-order valence-electron chi connectivity index (χ0n) is 26.3. The van der Waals surface area contributed by atoms with Crippen LogP contribution >= 0.6 is 0 Å². The molecule has 4 aromatic rings. The summed E-state index contributed by atoms with van der Waals surface area (Å²) in [5.41, 5.74) is 3.94. The number of esters is 1. The van der Waals surface area contributed by atoms with Crippen molar-refractivity contribution < 1.29 is 28.9 Å². The Hall–Kier alpha value is -4.07. The van der Waals surface area contributed by atoms with Gasteiger partial charge in [0.05, 0.1) is 41.2 Å². The van der Waals surface area contributed by atoms with Crippen molar-refractivity contribution in [3.63, 3.8) is 0 Å². The number of methoxy groups -OCH3 is 1. The summed E-state index contributed by atoms with van der Waals surface area (Å²) in [6.45, 7) is 10.1. The summed E-state index contributed by atoms with van der Waals surface area (Å²) in [6.07, 6.45) is 3.88. The molecule has 2 N–H and O–H groups in total. The fourth-order valence-electron chi connectivity index (χ4n) is 4.67. The molecule has 4 rings (SSSR count). The summed E-state index contributed by atoms with van der Waals surface area (Å²) in [4.78, 5) is 35.1. The maximum atomic E-state index is 13.6. The van der Waals surface area contributed by atoms with Gasteiger partial charge in [0.2, 0.25) is 11.8 Å². The molecule has 236 valence electrons. The van der Waals surface area contributed by atoms with Crippen LogP contribution in [-0.2, 0) is 23.1 Å². The van der Waals surface area contributed by atoms with Crippen molar-refractivity contribution in [2.75, 3.05) is 32.4 Å². The number of nitrogens with zero attached hydrogens (tertiary/aromatic N) is 5. The number of hydrogen-bond donors (Lipinski definition) is 2. The van der Waals surface area contributed by atoms with Crippen molar-refractivity contribution in [3.8, 4) is 17.1 Å². The number of nitrogens with one attached hydrogen (secondary N) is 1. The number of aliphatic hydroxyl groups excluding tert-OH is 1. The van der Waals surface area contributed by atoms with Crippen LogP contribution in [0, 0.1) is 6.92 Å². The minimum atomic E-state index is -1.21. The number of benzene rings is 1. The zero-order valence-corrected chi connectivity index (χ0v) is 27.3. The lowest BCUT2D eigenvalue weighted by Gasteiger charge is -2.16. The van der Waals surface area contributed by atoms with E-state index in [4.69, 9.17) is 14.2 Å². The van der Waals surface area contributed by atoms with Gasteiger partial charge in [-0.2, -0.15) is 5.10 Å². The van der Waals surface area contributed by atoms with Gasteiger partial charge >= 0.3 is 5.97 Å². The first kappa shape index (κ1) is 32.8. The largest absolute Gasteiger partial charge is 0.465 e. The van der Waals surface area contributed by atoms with E-state index in [0.717, 1.165) is 18.9 Å². The van der Waals surface area contributed by atoms with E-state index < -0.39 is 14.0 Å². The van der Waals surface area contributed by atoms with E-state index in [-0.39, 0.29) is 19.3 Å². The number of pyridine rings is 1. The smallest absolute Gasteiger partial charge is 0.337 e. The number of amides is 1. The fourth-order valence-corrected chi connectivity index (χ4v) is 5.42. The molecule has 0 aliphatic heterocycles. The van der Waals surface area contributed by atoms with Crippen LogP contribution in [0.25, 0.3) is 22.3 Å². The normalized spacial score (nSPS) is 11.6. The summed E-state index contributed by atoms with van der Waals surface area (Å²) in [6, 6.07) is 9.53. The van der Waals surface area contributed by atoms with Gasteiger partial charge in [0.1, 0.15) is 0 Å². The number of imidazole rings is 1. The fraction of sp³-hybridized carbons (Fsp3) is 0.452. The molecular weight excluding hydrogens is 580 g/mol. The molecule has 1 aromatic carbocycles. The second kappa shape index (κ2) is 14.6. The van der Waals surface area contributed by atoms with Crippen molar-refractivity contribution in [1.29, 1.82) is 0 Å². The van der Waals surface area contributed by atoms with E-state index in [9.17, 15) is 14.7 Å². The van der Waals surface area contributed by atoms with Crippen molar-refractivity contribution >= 4 is 36.9 Å². The summed E-state index contributed by atoms with van der Waals surface area (Å²) in [5, 5.41) is 16.5. The molecule has 0 radical (unpaired) electrons. The van der Waals surface area contributed by atoms with E-state index in [1.165, 1.54) is 7.11 Å². The highest BCUT2D eigenvalue weighted by Crippen LogP contribution is 2.30. The Morgan fingerprint density at radius 2 is 1.84 bits per heavy atom. The van der Waals surface area contributed by atoms with Gasteiger partial charge in [-0.05, 0) is 62.6 Å². The Kier molecular flexibility index (Phi) is 10.9. The van der Waals surface area contributed by atoms with Gasteiger partial charge in [-0.25, -0.2) is 14.5 Å². The van der Waals surface area contributed by atoms with E-state index in [1.54, 1.807) is 48.3 Å². The molecular formula is C31H42N6O6Si. The van der Waals surface area contributed by atoms with Crippen molar-refractivity contribution in [3.05, 3.63) is 53.3 Å². The summed E-state index contributed by atoms with van der Waals surface area (Å²) in [7, 11) is 1.90. The van der Waals surface area contributed by atoms with Crippen LogP contribution in [0.3, 0.4) is 0 Å². The van der Waals surface area contributed by atoms with Crippen LogP contribution < -0.4 is 10.1 Å². The maximum absolute atomic E-state index is 13.6. The lowest BCUT2D eigenvalue weighted by atomic mass is 10.1. The third kappa shape index (κ3) is 8.30. The number of carbonyl (C=O) groups is 2. The summed E-state index contributed by atoms with van der Waals surface area (Å²) in [5.74, 6) is 0.0292. The maximum Gasteiger partial charge on any atom is 0.337 e. The Morgan fingerprint density at radius 3 is 2.57 bits per heavy atom. The van der Waals surface area contributed by atoms with Crippen molar-refractivity contribution in [1.82, 2.24) is 24.3 Å². The predicted octanol–water partition coefficient (Wildman–Crippen LogP) is 5.03. The summed E-state index contributed by atoms with van der Waals surface area (Å²) >= 11 is 0. The molecule has 0 unspecified atom stereocenters. The van der Waals surface area contributed by atoms with Crippen LogP contribution in [0.1, 0.15) is 45.7 Å². The molecule has 0 spiro atoms. The highest BCUT2D eigenvalue weighted by Gasteiger charge is 2.20. The molecule has 13 heteroatoms. The van der Waals surface area contributed by atoms with Gasteiger partial charge in [-0.15, -0.1) is 0 Å². The van der Waals surface area contributed by atoms with Crippen LogP contribution in [0.2, 0.25) is 25.7 Å². The van der Waals surface area contributed by atoms with Crippen LogP contribution in [0.4, 0.5) is 5.95 Å². The summed E-state index contributed by atoms with van der Waals surface area (Å²) < 4.78 is 20.0. The molecule has 0 aliphatic rings. The first-order chi connectivity index (χ1) is 21.0. The molecule has 0 fully saturated rings. The topological polar surface area (TPSA) is 143 Å². The SMILES string of the molecule is COC(=O)c1ccc2nc(NC(=O)c3cc(C)nc(-c4cnn(C)c4OCOCC[Si](C)(C)C)c3)n(CCCCCO)c2c1. The average molecular weight is 623 g/mol. The number of rotatable bonds is 15. The van der Waals surface area contributed by atoms with E-state index in [2.05, 4.69) is 40.0 Å². The van der Waals surface area contributed by atoms with Crippen LogP contribution in [0.5, 0.6) is 5.88 Å². The lowest BCUT2D eigenvalue weighted by Crippen LogP contribution is -2.22. The van der Waals surface area contributed by atoms with E-state index >= 15 is 0 Å². The van der Waals surface area contributed by atoms with Crippen LogP contribution in [-0.4, -0.2) is 76.5 Å². The Morgan fingerprint density at radius 1 is 1.05 bits per heavy atom. The molecule has 0 saturated heterocycles. The second-order valence-electron chi connectivity index (χ2n) is 11.9. The number of aliphatic hydroxyl groups is 1. The minimum Gasteiger partial charge on any atom is -0.465 e. The number of fused-ring (bicyclic) bond motifs is 1. The minimum absolute atomic E-state index is 0.0857. The molecule has 12 nitrogen and oxygen atoms in total. The number of aryl methyl sites for hydroxylation is 3. The lowest BCUT2D eigenvalue weighted by molar-refractivity contribution is 0.0172. The predicted molar refractivity (Wildman–Crippen MR) is 171 cm³/mol. The quantitative estimate of drug-likeness (QED) is 0.0807. The zero-order chi connectivity index (χ0) is 31.9. The standard InChI is InChI=1S/C31H42N6O6Si/c1-21-16-23(17-26(33-21)24-19-32-36(2)29(24)43-20-42-14-15-44(4,5)6)28(39)35-31-34-25-11-10-22(30(40)41-3)18-27(25)37(31)12-8-7-9-13-38/h10-11,16-19,38H,7-9,12-15,20H2,1-6H3,(H,34,35,39). The molecule has 1 amide bonds. The highest BCUT2D eigenvalue weighted by atomic mass is 28.3. The van der Waals surface area contributed by atoms with E-state index in [1.807, 2.05) is 11.5 Å². The number of anilines is 1. The van der Waals surface area contributed by atoms with Gasteiger partial charge in [-0.1, -0.05) is 19.6 Å². The molecule has 0 bridgehead atoms. The number of carbonyl (C=O) groups excluding carboxylic acids is 2. The second-order valence-corrected chi connectivity index (χ2v) is 17.5. The van der Waals surface area contributed by atoms with Gasteiger partial charge in [0.15, 0.2) is 6.79 Å². The van der Waals surface area contributed by atoms with Crippen molar-refractivity contribution in [2.45, 2.75) is 58.4 Å². The Balaban J connectivity index is 1.58. The van der Waals surface area contributed by atoms with Gasteiger partial charge in [0, 0.05) is 46.1 Å². The number of aromatic nitrogens is 5.